The predicted octanol–water partition coefficient (Wildman–Crippen LogP) is 1.21. The van der Waals surface area contributed by atoms with Gasteiger partial charge in [0.15, 0.2) is 0 Å². The van der Waals surface area contributed by atoms with E-state index in [0.717, 1.165) is 5.56 Å². The van der Waals surface area contributed by atoms with Crippen LogP contribution in [0.1, 0.15) is 5.56 Å². The smallest absolute Gasteiger partial charge is 0.218 e. The molecule has 1 fully saturated rings. The quantitative estimate of drug-likeness (QED) is 0.824. The largest absolute Gasteiger partial charge is 0.396 e. The maximum atomic E-state index is 12.1. The molecule has 1 aliphatic heterocycles. The molecular weight excluding hydrogens is 318 g/mol. The van der Waals surface area contributed by atoms with Gasteiger partial charge in [-0.2, -0.15) is 0 Å². The first kappa shape index (κ1) is 14.0. The molecule has 0 aromatic heterocycles. The Kier molecular flexibility index (Phi) is 4.11. The van der Waals surface area contributed by atoms with E-state index in [9.17, 15) is 13.5 Å². The van der Waals surface area contributed by atoms with Gasteiger partial charge in [-0.25, -0.2) is 12.7 Å². The second-order valence-corrected chi connectivity index (χ2v) is 7.33. The molecule has 0 radical (unpaired) electrons. The van der Waals surface area contributed by atoms with Gasteiger partial charge in [0.25, 0.3) is 0 Å². The summed E-state index contributed by atoms with van der Waals surface area (Å²) < 4.78 is 25.7. The fourth-order valence-electron chi connectivity index (χ4n) is 2.00. The van der Waals surface area contributed by atoms with Crippen molar-refractivity contribution in [3.05, 3.63) is 35.9 Å². The molecule has 0 saturated carbocycles. The summed E-state index contributed by atoms with van der Waals surface area (Å²) in [6.45, 7) is 0.795. The third-order valence-electron chi connectivity index (χ3n) is 3.23. The Morgan fingerprint density at radius 2 is 1.89 bits per heavy atom. The Bertz CT molecular complexity index is 491. The SMILES string of the molecule is O=S(=O)(Cc1ccccc1)N1CC(CO)(CBr)C1. The van der Waals surface area contributed by atoms with Crippen LogP contribution in [0, 0.1) is 5.41 Å². The second kappa shape index (κ2) is 5.28. The first-order chi connectivity index (χ1) is 8.51. The van der Waals surface area contributed by atoms with E-state index in [1.807, 2.05) is 18.2 Å². The number of sulfonamides is 1. The van der Waals surface area contributed by atoms with Gasteiger partial charge >= 0.3 is 0 Å². The predicted molar refractivity (Wildman–Crippen MR) is 74.0 cm³/mol. The molecule has 0 bridgehead atoms. The van der Waals surface area contributed by atoms with Gasteiger partial charge in [-0.15, -0.1) is 0 Å². The standard InChI is InChI=1S/C12H16BrNO3S/c13-7-12(10-15)8-14(9-12)18(16,17)6-11-4-2-1-3-5-11/h1-5,15H,6-10H2. The normalized spacial score (nSPS) is 19.4. The molecule has 18 heavy (non-hydrogen) atoms. The van der Waals surface area contributed by atoms with Crippen LogP contribution in [0.4, 0.5) is 0 Å². The molecule has 100 valence electrons. The van der Waals surface area contributed by atoms with Gasteiger partial charge in [0, 0.05) is 23.8 Å². The van der Waals surface area contributed by atoms with Crippen LogP contribution in [0.5, 0.6) is 0 Å². The van der Waals surface area contributed by atoms with Gasteiger partial charge in [0.1, 0.15) is 0 Å². The van der Waals surface area contributed by atoms with Crippen molar-refractivity contribution in [2.45, 2.75) is 5.75 Å². The van der Waals surface area contributed by atoms with Crippen LogP contribution >= 0.6 is 15.9 Å². The van der Waals surface area contributed by atoms with Crippen molar-refractivity contribution >= 4 is 26.0 Å². The maximum Gasteiger partial charge on any atom is 0.218 e. The lowest BCUT2D eigenvalue weighted by Crippen LogP contribution is -2.61. The molecular formula is C12H16BrNO3S. The Labute approximate surface area is 116 Å². The van der Waals surface area contributed by atoms with E-state index in [4.69, 9.17) is 0 Å². The van der Waals surface area contributed by atoms with E-state index >= 15 is 0 Å². The van der Waals surface area contributed by atoms with E-state index in [2.05, 4.69) is 15.9 Å². The van der Waals surface area contributed by atoms with Gasteiger partial charge in [-0.05, 0) is 5.56 Å². The highest BCUT2D eigenvalue weighted by molar-refractivity contribution is 9.09. The summed E-state index contributed by atoms with van der Waals surface area (Å²) in [5.74, 6) is 0.0254. The molecule has 0 atom stereocenters. The lowest BCUT2D eigenvalue weighted by molar-refractivity contribution is 0.0308. The molecule has 0 unspecified atom stereocenters. The summed E-state index contributed by atoms with van der Waals surface area (Å²) in [7, 11) is -3.27. The lowest BCUT2D eigenvalue weighted by Gasteiger charge is -2.47. The minimum atomic E-state index is -3.27. The van der Waals surface area contributed by atoms with Crippen LogP contribution in [0.25, 0.3) is 0 Å². The number of aliphatic hydroxyl groups is 1. The van der Waals surface area contributed by atoms with Gasteiger partial charge in [0.05, 0.1) is 12.4 Å². The minimum absolute atomic E-state index is 0.00953. The Morgan fingerprint density at radius 3 is 2.39 bits per heavy atom. The molecule has 1 saturated heterocycles. The Balaban J connectivity index is 2.02. The van der Waals surface area contributed by atoms with Crippen molar-refractivity contribution < 1.29 is 13.5 Å². The molecule has 4 nitrogen and oxygen atoms in total. The second-order valence-electron chi connectivity index (χ2n) is 4.80. The fraction of sp³-hybridized carbons (Fsp3) is 0.500. The summed E-state index contributed by atoms with van der Waals surface area (Å²) in [5, 5.41) is 9.88. The maximum absolute atomic E-state index is 12.1. The minimum Gasteiger partial charge on any atom is -0.396 e. The van der Waals surface area contributed by atoms with E-state index in [1.165, 1.54) is 4.31 Å². The highest BCUT2D eigenvalue weighted by Gasteiger charge is 2.46. The van der Waals surface area contributed by atoms with E-state index < -0.39 is 10.0 Å². The molecule has 0 aliphatic carbocycles. The zero-order valence-corrected chi connectivity index (χ0v) is 12.3. The van der Waals surface area contributed by atoms with Crippen LogP contribution in [-0.4, -0.2) is 42.9 Å². The number of nitrogens with zero attached hydrogens (tertiary/aromatic N) is 1. The van der Waals surface area contributed by atoms with Crippen LogP contribution in [0.15, 0.2) is 30.3 Å². The first-order valence-electron chi connectivity index (χ1n) is 5.70. The molecule has 6 heteroatoms. The van der Waals surface area contributed by atoms with E-state index in [-0.39, 0.29) is 17.8 Å². The topological polar surface area (TPSA) is 57.6 Å². The van der Waals surface area contributed by atoms with Crippen molar-refractivity contribution in [1.29, 1.82) is 0 Å². The lowest BCUT2D eigenvalue weighted by atomic mass is 9.85. The summed E-state index contributed by atoms with van der Waals surface area (Å²) >= 11 is 3.32. The van der Waals surface area contributed by atoms with Crippen LogP contribution < -0.4 is 0 Å². The number of benzene rings is 1. The van der Waals surface area contributed by atoms with Crippen LogP contribution in [0.2, 0.25) is 0 Å². The third-order valence-corrected chi connectivity index (χ3v) is 6.16. The van der Waals surface area contributed by atoms with Gasteiger partial charge in [-0.3, -0.25) is 0 Å². The number of hydrogen-bond acceptors (Lipinski definition) is 3. The molecule has 0 spiro atoms. The van der Waals surface area contributed by atoms with Crippen molar-refractivity contribution in [3.8, 4) is 0 Å². The number of alkyl halides is 1. The van der Waals surface area contributed by atoms with E-state index in [0.29, 0.717) is 18.4 Å². The number of rotatable bonds is 5. The number of hydrogen-bond donors (Lipinski definition) is 1. The van der Waals surface area contributed by atoms with Crippen molar-refractivity contribution in [1.82, 2.24) is 4.31 Å². The first-order valence-corrected chi connectivity index (χ1v) is 8.43. The van der Waals surface area contributed by atoms with Gasteiger partial charge in [-0.1, -0.05) is 46.3 Å². The zero-order chi connectivity index (χ0) is 13.2. The Hall–Kier alpha value is -0.430. The molecule has 0 amide bonds. The summed E-state index contributed by atoms with van der Waals surface area (Å²) in [5.41, 5.74) is 0.488. The number of aliphatic hydroxyl groups excluding tert-OH is 1. The molecule has 1 aromatic rings. The number of halogens is 1. The molecule has 1 N–H and O–H groups in total. The fourth-order valence-corrected chi connectivity index (χ4v) is 4.27. The highest BCUT2D eigenvalue weighted by Crippen LogP contribution is 2.34. The van der Waals surface area contributed by atoms with Crippen molar-refractivity contribution in [3.63, 3.8) is 0 Å². The molecule has 2 rings (SSSR count). The third kappa shape index (κ3) is 2.77. The van der Waals surface area contributed by atoms with Crippen molar-refractivity contribution in [2.75, 3.05) is 25.0 Å². The highest BCUT2D eigenvalue weighted by atomic mass is 79.9. The van der Waals surface area contributed by atoms with Crippen LogP contribution in [0.3, 0.4) is 0 Å². The molecule has 1 heterocycles. The van der Waals surface area contributed by atoms with Crippen LogP contribution in [-0.2, 0) is 15.8 Å². The van der Waals surface area contributed by atoms with Crippen molar-refractivity contribution in [2.24, 2.45) is 5.41 Å². The summed E-state index contributed by atoms with van der Waals surface area (Å²) in [4.78, 5) is 0. The average Bonchev–Trinajstić information content (AvgIpc) is 2.29. The average molecular weight is 334 g/mol. The monoisotopic (exact) mass is 333 g/mol. The van der Waals surface area contributed by atoms with Gasteiger partial charge in [0.2, 0.25) is 10.0 Å². The summed E-state index contributed by atoms with van der Waals surface area (Å²) in [6.07, 6.45) is 0. The zero-order valence-electron chi connectivity index (χ0n) is 9.92. The van der Waals surface area contributed by atoms with Gasteiger partial charge < -0.3 is 5.11 Å². The van der Waals surface area contributed by atoms with E-state index in [1.54, 1.807) is 12.1 Å². The summed E-state index contributed by atoms with van der Waals surface area (Å²) in [6, 6.07) is 9.14. The Morgan fingerprint density at radius 1 is 1.28 bits per heavy atom. The molecule has 1 aromatic carbocycles. The molecule has 1 aliphatic rings.